The summed E-state index contributed by atoms with van der Waals surface area (Å²) in [7, 11) is 0. The third kappa shape index (κ3) is 1.73. The monoisotopic (exact) mass is 231 g/mol. The molecule has 0 amide bonds. The van der Waals surface area contributed by atoms with Crippen LogP contribution in [0, 0.1) is 0 Å². The first-order valence-corrected chi connectivity index (χ1v) is 4.81. The Labute approximate surface area is 97.6 Å². The summed E-state index contributed by atoms with van der Waals surface area (Å²) < 4.78 is 0. The van der Waals surface area contributed by atoms with Gasteiger partial charge in [0.1, 0.15) is 0 Å². The molecule has 0 aliphatic heterocycles. The zero-order valence-electron chi connectivity index (χ0n) is 9.01. The number of nitrogen functional groups attached to an aromatic ring is 5. The van der Waals surface area contributed by atoms with Crippen LogP contribution in [0.2, 0.25) is 0 Å². The van der Waals surface area contributed by atoms with Crippen LogP contribution in [0.15, 0.2) is 18.5 Å². The number of hydrogen-bond acceptors (Lipinski definition) is 7. The number of nitrogens with two attached hydrogens (primary N) is 5. The zero-order valence-corrected chi connectivity index (χ0v) is 9.01. The smallest absolute Gasteiger partial charge is 0.161 e. The van der Waals surface area contributed by atoms with Gasteiger partial charge >= 0.3 is 0 Å². The normalized spacial score (nSPS) is 10.4. The van der Waals surface area contributed by atoms with Crippen molar-refractivity contribution in [1.29, 1.82) is 0 Å². The second kappa shape index (κ2) is 3.71. The minimum absolute atomic E-state index is 0.237. The van der Waals surface area contributed by atoms with Crippen molar-refractivity contribution in [1.82, 2.24) is 9.97 Å². The second-order valence-corrected chi connectivity index (χ2v) is 3.59. The molecule has 17 heavy (non-hydrogen) atoms. The summed E-state index contributed by atoms with van der Waals surface area (Å²) in [5.74, 6) is 0.398. The van der Waals surface area contributed by atoms with E-state index >= 15 is 0 Å². The van der Waals surface area contributed by atoms with Gasteiger partial charge in [-0.1, -0.05) is 0 Å². The molecule has 0 bridgehead atoms. The lowest BCUT2D eigenvalue weighted by Gasteiger charge is -2.11. The average Bonchev–Trinajstić information content (AvgIpc) is 2.32. The SMILES string of the molecule is Nc1cnc(-c2cc(N)c(N)c(N)c2N)nc1. The first-order valence-electron chi connectivity index (χ1n) is 4.81. The van der Waals surface area contributed by atoms with Crippen LogP contribution >= 0.6 is 0 Å². The Kier molecular flexibility index (Phi) is 2.36. The number of aromatic nitrogens is 2. The maximum atomic E-state index is 5.85. The molecule has 0 aliphatic carbocycles. The number of anilines is 5. The minimum atomic E-state index is 0.237. The van der Waals surface area contributed by atoms with Gasteiger partial charge in [-0.25, -0.2) is 9.97 Å². The Hall–Kier alpha value is -2.70. The molecule has 0 saturated carbocycles. The Morgan fingerprint density at radius 1 is 0.765 bits per heavy atom. The summed E-state index contributed by atoms with van der Waals surface area (Å²) in [6.07, 6.45) is 2.95. The lowest BCUT2D eigenvalue weighted by molar-refractivity contribution is 1.18. The molecule has 7 nitrogen and oxygen atoms in total. The van der Waals surface area contributed by atoms with Crippen molar-refractivity contribution in [3.63, 3.8) is 0 Å². The highest BCUT2D eigenvalue weighted by atomic mass is 14.9. The number of rotatable bonds is 1. The molecular formula is C10H13N7. The van der Waals surface area contributed by atoms with Gasteiger partial charge in [0, 0.05) is 5.56 Å². The van der Waals surface area contributed by atoms with E-state index in [4.69, 9.17) is 28.7 Å². The summed E-state index contributed by atoms with van der Waals surface area (Å²) in [5, 5.41) is 0. The van der Waals surface area contributed by atoms with Crippen LogP contribution in [0.5, 0.6) is 0 Å². The summed E-state index contributed by atoms with van der Waals surface area (Å²) in [5.41, 5.74) is 30.6. The third-order valence-corrected chi connectivity index (χ3v) is 2.39. The standard InChI is InChI=1S/C10H13N7/c11-4-2-16-10(17-3-4)5-1-6(12)8(14)9(15)7(5)13/h1-3H,11-15H2. The number of benzene rings is 1. The van der Waals surface area contributed by atoms with Gasteiger partial charge in [0.15, 0.2) is 5.82 Å². The van der Waals surface area contributed by atoms with Gasteiger partial charge in [-0.05, 0) is 6.07 Å². The maximum absolute atomic E-state index is 5.85. The average molecular weight is 231 g/mol. The highest BCUT2D eigenvalue weighted by molar-refractivity contribution is 5.95. The lowest BCUT2D eigenvalue weighted by atomic mass is 10.1. The molecule has 1 aromatic carbocycles. The predicted molar refractivity (Wildman–Crippen MR) is 69.5 cm³/mol. The molecular weight excluding hydrogens is 218 g/mol. The molecule has 7 heteroatoms. The summed E-state index contributed by atoms with van der Waals surface area (Å²) in [6.45, 7) is 0. The second-order valence-electron chi connectivity index (χ2n) is 3.59. The van der Waals surface area contributed by atoms with Gasteiger partial charge in [-0.3, -0.25) is 0 Å². The molecule has 10 N–H and O–H groups in total. The van der Waals surface area contributed by atoms with Gasteiger partial charge in [0.05, 0.1) is 40.8 Å². The fraction of sp³-hybridized carbons (Fsp3) is 0. The molecule has 2 rings (SSSR count). The van der Waals surface area contributed by atoms with E-state index in [1.54, 1.807) is 6.07 Å². The van der Waals surface area contributed by atoms with Crippen LogP contribution < -0.4 is 28.7 Å². The summed E-state index contributed by atoms with van der Waals surface area (Å²) in [6, 6.07) is 1.59. The van der Waals surface area contributed by atoms with Gasteiger partial charge in [-0.15, -0.1) is 0 Å². The van der Waals surface area contributed by atoms with E-state index in [0.717, 1.165) is 0 Å². The molecule has 0 radical (unpaired) electrons. The van der Waals surface area contributed by atoms with E-state index in [9.17, 15) is 0 Å². The highest BCUT2D eigenvalue weighted by Crippen LogP contribution is 2.36. The molecule has 0 spiro atoms. The van der Waals surface area contributed by atoms with Crippen LogP contribution in [0.25, 0.3) is 11.4 Å². The van der Waals surface area contributed by atoms with Crippen LogP contribution in [-0.2, 0) is 0 Å². The van der Waals surface area contributed by atoms with Crippen LogP contribution in [-0.4, -0.2) is 9.97 Å². The number of hydrogen-bond donors (Lipinski definition) is 5. The third-order valence-electron chi connectivity index (χ3n) is 2.39. The van der Waals surface area contributed by atoms with E-state index < -0.39 is 0 Å². The minimum Gasteiger partial charge on any atom is -0.397 e. The van der Waals surface area contributed by atoms with Gasteiger partial charge in [-0.2, -0.15) is 0 Å². The van der Waals surface area contributed by atoms with Gasteiger partial charge in [0.25, 0.3) is 0 Å². The van der Waals surface area contributed by atoms with E-state index in [1.807, 2.05) is 0 Å². The van der Waals surface area contributed by atoms with Crippen molar-refractivity contribution in [2.45, 2.75) is 0 Å². The highest BCUT2D eigenvalue weighted by Gasteiger charge is 2.13. The summed E-state index contributed by atoms with van der Waals surface area (Å²) >= 11 is 0. The topological polar surface area (TPSA) is 156 Å². The Balaban J connectivity index is 2.64. The molecule has 0 atom stereocenters. The van der Waals surface area contributed by atoms with Crippen LogP contribution in [0.3, 0.4) is 0 Å². The van der Waals surface area contributed by atoms with E-state index in [-0.39, 0.29) is 11.4 Å². The van der Waals surface area contributed by atoms with E-state index in [0.29, 0.717) is 28.5 Å². The molecule has 1 heterocycles. The van der Waals surface area contributed by atoms with Gasteiger partial charge < -0.3 is 28.7 Å². The van der Waals surface area contributed by atoms with Crippen molar-refractivity contribution < 1.29 is 0 Å². The molecule has 0 fully saturated rings. The molecule has 0 unspecified atom stereocenters. The van der Waals surface area contributed by atoms with Gasteiger partial charge in [0.2, 0.25) is 0 Å². The summed E-state index contributed by atoms with van der Waals surface area (Å²) in [4.78, 5) is 8.11. The first kappa shape index (κ1) is 10.8. The predicted octanol–water partition coefficient (Wildman–Crippen LogP) is 0.0546. The Bertz CT molecular complexity index is 562. The zero-order chi connectivity index (χ0) is 12.6. The van der Waals surface area contributed by atoms with Crippen molar-refractivity contribution >= 4 is 28.4 Å². The van der Waals surface area contributed by atoms with E-state index in [1.165, 1.54) is 12.4 Å². The quantitative estimate of drug-likeness (QED) is 0.434. The van der Waals surface area contributed by atoms with Crippen LogP contribution in [0.1, 0.15) is 0 Å². The molecule has 0 aliphatic rings. The lowest BCUT2D eigenvalue weighted by Crippen LogP contribution is -2.06. The van der Waals surface area contributed by atoms with Crippen LogP contribution in [0.4, 0.5) is 28.4 Å². The number of nitrogens with zero attached hydrogens (tertiary/aromatic N) is 2. The van der Waals surface area contributed by atoms with Crippen molar-refractivity contribution in [3.05, 3.63) is 18.5 Å². The van der Waals surface area contributed by atoms with E-state index in [2.05, 4.69) is 9.97 Å². The first-order chi connectivity index (χ1) is 8.00. The van der Waals surface area contributed by atoms with Crippen molar-refractivity contribution in [3.8, 4) is 11.4 Å². The fourth-order valence-electron chi connectivity index (χ4n) is 1.42. The Morgan fingerprint density at radius 2 is 1.35 bits per heavy atom. The largest absolute Gasteiger partial charge is 0.397 e. The fourth-order valence-corrected chi connectivity index (χ4v) is 1.42. The molecule has 2 aromatic rings. The Morgan fingerprint density at radius 3 is 1.94 bits per heavy atom. The van der Waals surface area contributed by atoms with Crippen molar-refractivity contribution in [2.24, 2.45) is 0 Å². The molecule has 1 aromatic heterocycles. The molecule has 0 saturated heterocycles. The maximum Gasteiger partial charge on any atom is 0.161 e. The molecule has 88 valence electrons. The van der Waals surface area contributed by atoms with Crippen molar-refractivity contribution in [2.75, 3.05) is 28.7 Å².